The highest BCUT2D eigenvalue weighted by molar-refractivity contribution is 5.89. The molecule has 6 heteroatoms. The van der Waals surface area contributed by atoms with E-state index in [4.69, 9.17) is 14.2 Å². The zero-order valence-corrected chi connectivity index (χ0v) is 24.9. The molecule has 1 aliphatic heterocycles. The molecular formula is C31H52O6. The van der Waals surface area contributed by atoms with Crippen molar-refractivity contribution in [2.24, 2.45) is 21.7 Å². The average molecular weight is 521 g/mol. The standard InChI is InChI=1S/C31H52O6/c1-11-22-20-25(31(9,10)30(7,8)16-15-28(3,4)29(5,6)17-18-32)37-27(36-22)23-19-21(13-14-24(23)33)26(34)35-12-2/h13-14,19,22,25,27,32-33H,11-12,15-18,20H2,1-10H3. The van der Waals surface area contributed by atoms with Gasteiger partial charge in [0.25, 0.3) is 0 Å². The van der Waals surface area contributed by atoms with Crippen LogP contribution in [0.4, 0.5) is 0 Å². The number of esters is 1. The third-order valence-electron chi connectivity index (χ3n) is 9.82. The number of phenols is 1. The Kier molecular flexibility index (Phi) is 10.3. The van der Waals surface area contributed by atoms with Gasteiger partial charge in [0.15, 0.2) is 6.29 Å². The molecule has 0 aromatic heterocycles. The third-order valence-corrected chi connectivity index (χ3v) is 9.82. The SMILES string of the molecule is CCOC(=O)c1ccc(O)c(C2OC(CC)CC(C(C)(C)C(C)(C)CCC(C)(C)C(C)(C)CCO)O2)c1. The number of ether oxygens (including phenoxy) is 3. The first kappa shape index (κ1) is 31.6. The summed E-state index contributed by atoms with van der Waals surface area (Å²) in [5, 5.41) is 20.3. The molecule has 0 radical (unpaired) electrons. The number of phenolic OH excluding ortho intramolecular Hbond substituents is 1. The first-order valence-electron chi connectivity index (χ1n) is 13.9. The van der Waals surface area contributed by atoms with Crippen molar-refractivity contribution >= 4 is 5.97 Å². The summed E-state index contributed by atoms with van der Waals surface area (Å²) in [5.74, 6) is -0.394. The van der Waals surface area contributed by atoms with E-state index in [9.17, 15) is 15.0 Å². The summed E-state index contributed by atoms with van der Waals surface area (Å²) in [6.07, 6.45) is 3.51. The maximum atomic E-state index is 12.3. The molecule has 3 atom stereocenters. The third kappa shape index (κ3) is 7.07. The fourth-order valence-electron chi connectivity index (χ4n) is 5.00. The van der Waals surface area contributed by atoms with Crippen molar-refractivity contribution in [3.05, 3.63) is 29.3 Å². The lowest BCUT2D eigenvalue weighted by Gasteiger charge is -2.52. The molecule has 37 heavy (non-hydrogen) atoms. The molecule has 3 unspecified atom stereocenters. The summed E-state index contributed by atoms with van der Waals surface area (Å²) in [6.45, 7) is 22.6. The first-order chi connectivity index (χ1) is 17.0. The number of carbonyl (C=O) groups is 1. The number of carbonyl (C=O) groups excluding carboxylic acids is 1. The van der Waals surface area contributed by atoms with E-state index >= 15 is 0 Å². The van der Waals surface area contributed by atoms with E-state index in [-0.39, 0.29) is 52.8 Å². The van der Waals surface area contributed by atoms with Crippen LogP contribution in [0, 0.1) is 21.7 Å². The molecule has 1 heterocycles. The van der Waals surface area contributed by atoms with Gasteiger partial charge in [-0.3, -0.25) is 0 Å². The molecular weight excluding hydrogens is 468 g/mol. The van der Waals surface area contributed by atoms with E-state index in [1.54, 1.807) is 19.1 Å². The van der Waals surface area contributed by atoms with Gasteiger partial charge in [0.2, 0.25) is 0 Å². The van der Waals surface area contributed by atoms with Gasteiger partial charge in [-0.2, -0.15) is 0 Å². The number of benzene rings is 1. The van der Waals surface area contributed by atoms with E-state index < -0.39 is 12.3 Å². The largest absolute Gasteiger partial charge is 0.507 e. The zero-order valence-electron chi connectivity index (χ0n) is 24.9. The predicted octanol–water partition coefficient (Wildman–Crippen LogP) is 7.42. The molecule has 2 N–H and O–H groups in total. The smallest absolute Gasteiger partial charge is 0.338 e. The number of aliphatic hydroxyl groups is 1. The monoisotopic (exact) mass is 520 g/mol. The van der Waals surface area contributed by atoms with E-state index in [1.165, 1.54) is 6.07 Å². The normalized spacial score (nSPS) is 21.6. The number of aliphatic hydroxyl groups excluding tert-OH is 1. The van der Waals surface area contributed by atoms with Crippen molar-refractivity contribution in [3.8, 4) is 5.75 Å². The van der Waals surface area contributed by atoms with Gasteiger partial charge < -0.3 is 24.4 Å². The molecule has 1 aromatic rings. The van der Waals surface area contributed by atoms with Crippen LogP contribution in [0.25, 0.3) is 0 Å². The van der Waals surface area contributed by atoms with Crippen molar-refractivity contribution in [3.63, 3.8) is 0 Å². The summed E-state index contributed by atoms with van der Waals surface area (Å²) >= 11 is 0. The molecule has 212 valence electrons. The second kappa shape index (κ2) is 12.0. The molecule has 1 fully saturated rings. The number of rotatable bonds is 12. The van der Waals surface area contributed by atoms with Gasteiger partial charge >= 0.3 is 5.97 Å². The molecule has 2 rings (SSSR count). The van der Waals surface area contributed by atoms with Crippen LogP contribution in [-0.4, -0.2) is 41.6 Å². The molecule has 6 nitrogen and oxygen atoms in total. The highest BCUT2D eigenvalue weighted by atomic mass is 16.7. The van der Waals surface area contributed by atoms with Crippen molar-refractivity contribution in [1.82, 2.24) is 0 Å². The second-order valence-electron chi connectivity index (χ2n) is 13.2. The molecule has 0 amide bonds. The van der Waals surface area contributed by atoms with Gasteiger partial charge in [0.05, 0.1) is 29.9 Å². The minimum atomic E-state index is -0.770. The lowest BCUT2D eigenvalue weighted by Crippen LogP contribution is -2.49. The minimum Gasteiger partial charge on any atom is -0.507 e. The van der Waals surface area contributed by atoms with Crippen LogP contribution >= 0.6 is 0 Å². The number of hydrogen-bond donors (Lipinski definition) is 2. The summed E-state index contributed by atoms with van der Waals surface area (Å²) in [4.78, 5) is 12.3. The van der Waals surface area contributed by atoms with Crippen LogP contribution < -0.4 is 0 Å². The molecule has 0 saturated carbocycles. The molecule has 0 bridgehead atoms. The Balaban J connectivity index is 2.31. The Morgan fingerprint density at radius 1 is 0.946 bits per heavy atom. The Bertz CT molecular complexity index is 901. The lowest BCUT2D eigenvalue weighted by atomic mass is 9.57. The van der Waals surface area contributed by atoms with Crippen LogP contribution in [0.3, 0.4) is 0 Å². The maximum Gasteiger partial charge on any atom is 0.338 e. The predicted molar refractivity (Wildman–Crippen MR) is 148 cm³/mol. The summed E-state index contributed by atoms with van der Waals surface area (Å²) in [6, 6.07) is 4.68. The van der Waals surface area contributed by atoms with E-state index in [2.05, 4.69) is 62.3 Å². The Morgan fingerprint density at radius 3 is 2.11 bits per heavy atom. The summed E-state index contributed by atoms with van der Waals surface area (Å²) in [7, 11) is 0. The Hall–Kier alpha value is -1.63. The van der Waals surface area contributed by atoms with Gasteiger partial charge in [0.1, 0.15) is 5.75 Å². The quantitative estimate of drug-likeness (QED) is 0.279. The van der Waals surface area contributed by atoms with Gasteiger partial charge in [-0.15, -0.1) is 0 Å². The van der Waals surface area contributed by atoms with E-state index in [0.717, 1.165) is 32.1 Å². The van der Waals surface area contributed by atoms with Crippen molar-refractivity contribution < 1.29 is 29.2 Å². The van der Waals surface area contributed by atoms with Crippen LogP contribution in [0.15, 0.2) is 18.2 Å². The highest BCUT2D eigenvalue weighted by Gasteiger charge is 2.49. The molecule has 1 saturated heterocycles. The highest BCUT2D eigenvalue weighted by Crippen LogP contribution is 2.53. The fourth-order valence-corrected chi connectivity index (χ4v) is 5.00. The zero-order chi connectivity index (χ0) is 28.2. The maximum absolute atomic E-state index is 12.3. The van der Waals surface area contributed by atoms with Gasteiger partial charge in [-0.05, 0) is 72.5 Å². The second-order valence-corrected chi connectivity index (χ2v) is 13.2. The molecule has 0 aliphatic carbocycles. The van der Waals surface area contributed by atoms with Gasteiger partial charge in [0, 0.05) is 13.0 Å². The molecule has 1 aliphatic rings. The first-order valence-corrected chi connectivity index (χ1v) is 13.9. The average Bonchev–Trinajstić information content (AvgIpc) is 2.82. The number of hydrogen-bond acceptors (Lipinski definition) is 6. The van der Waals surface area contributed by atoms with Crippen LogP contribution in [0.1, 0.15) is 124 Å². The molecule has 1 aromatic carbocycles. The minimum absolute atomic E-state index is 0.0237. The van der Waals surface area contributed by atoms with Crippen molar-refractivity contribution in [2.45, 2.75) is 120 Å². The van der Waals surface area contributed by atoms with E-state index in [0.29, 0.717) is 11.1 Å². The van der Waals surface area contributed by atoms with Crippen LogP contribution in [0.5, 0.6) is 5.75 Å². The lowest BCUT2D eigenvalue weighted by molar-refractivity contribution is -0.280. The van der Waals surface area contributed by atoms with Crippen molar-refractivity contribution in [1.29, 1.82) is 0 Å². The topological polar surface area (TPSA) is 85.2 Å². The number of aromatic hydroxyl groups is 1. The van der Waals surface area contributed by atoms with Crippen molar-refractivity contribution in [2.75, 3.05) is 13.2 Å². The van der Waals surface area contributed by atoms with Crippen LogP contribution in [0.2, 0.25) is 0 Å². The van der Waals surface area contributed by atoms with E-state index in [1.807, 2.05) is 0 Å². The Morgan fingerprint density at radius 2 is 1.54 bits per heavy atom. The fraction of sp³-hybridized carbons (Fsp3) is 0.774. The summed E-state index contributed by atoms with van der Waals surface area (Å²) in [5.41, 5.74) is 0.649. The Labute approximate surface area is 225 Å². The van der Waals surface area contributed by atoms with Crippen LogP contribution in [-0.2, 0) is 14.2 Å². The van der Waals surface area contributed by atoms with Gasteiger partial charge in [-0.1, -0.05) is 62.3 Å². The van der Waals surface area contributed by atoms with Gasteiger partial charge in [-0.25, -0.2) is 4.79 Å². The molecule has 0 spiro atoms. The summed E-state index contributed by atoms with van der Waals surface area (Å²) < 4.78 is 18.0.